The highest BCUT2D eigenvalue weighted by Crippen LogP contribution is 2.34. The molecule has 170 valence electrons. The van der Waals surface area contributed by atoms with Gasteiger partial charge >= 0.3 is 0 Å². The van der Waals surface area contributed by atoms with Crippen LogP contribution in [0.1, 0.15) is 65.1 Å². The molecule has 1 saturated carbocycles. The number of carbonyl (C=O) groups is 2. The average molecular weight is 445 g/mol. The summed E-state index contributed by atoms with van der Waals surface area (Å²) in [4.78, 5) is 33.2. The topological polar surface area (TPSA) is 79.5 Å². The Balaban J connectivity index is 1.19. The van der Waals surface area contributed by atoms with Crippen LogP contribution in [0.2, 0.25) is 0 Å². The van der Waals surface area contributed by atoms with Crippen LogP contribution in [0, 0.1) is 0 Å². The monoisotopic (exact) mass is 444 g/mol. The average Bonchev–Trinajstić information content (AvgIpc) is 3.56. The second kappa shape index (κ2) is 9.17. The maximum Gasteiger partial charge on any atom is 0.253 e. The van der Waals surface area contributed by atoms with Gasteiger partial charge in [0.2, 0.25) is 11.7 Å². The van der Waals surface area contributed by atoms with E-state index in [1.54, 1.807) is 6.92 Å². The zero-order valence-corrected chi connectivity index (χ0v) is 18.9. The lowest BCUT2D eigenvalue weighted by atomic mass is 10.1. The van der Waals surface area contributed by atoms with Crippen molar-refractivity contribution in [3.8, 4) is 11.4 Å². The summed E-state index contributed by atoms with van der Waals surface area (Å²) in [5.41, 5.74) is 3.32. The lowest BCUT2D eigenvalue weighted by molar-refractivity contribution is 0.0746. The molecular weight excluding hydrogens is 416 g/mol. The number of ketones is 1. The minimum Gasteiger partial charge on any atom is -0.368 e. The van der Waals surface area contributed by atoms with Gasteiger partial charge in [0.05, 0.1) is 0 Å². The van der Waals surface area contributed by atoms with Crippen LogP contribution in [0.5, 0.6) is 0 Å². The molecule has 2 aromatic carbocycles. The lowest BCUT2D eigenvalue weighted by Crippen LogP contribution is -2.48. The third-order valence-electron chi connectivity index (χ3n) is 6.74. The van der Waals surface area contributed by atoms with Crippen molar-refractivity contribution in [3.63, 3.8) is 0 Å². The smallest absolute Gasteiger partial charge is 0.253 e. The molecule has 0 spiro atoms. The summed E-state index contributed by atoms with van der Waals surface area (Å²) in [7, 11) is 0. The molecule has 3 aromatic rings. The molecule has 33 heavy (non-hydrogen) atoms. The number of nitrogens with zero attached hydrogens (tertiary/aromatic N) is 4. The van der Waals surface area contributed by atoms with Crippen LogP contribution >= 0.6 is 0 Å². The van der Waals surface area contributed by atoms with Gasteiger partial charge in [0.1, 0.15) is 0 Å². The molecule has 2 fully saturated rings. The van der Waals surface area contributed by atoms with Crippen LogP contribution in [0.25, 0.3) is 11.4 Å². The number of hydrogen-bond acceptors (Lipinski definition) is 6. The van der Waals surface area contributed by atoms with E-state index in [2.05, 4.69) is 15.0 Å². The number of hydrogen-bond donors (Lipinski definition) is 0. The summed E-state index contributed by atoms with van der Waals surface area (Å²) in [6.07, 6.45) is 4.68. The molecule has 0 bridgehead atoms. The van der Waals surface area contributed by atoms with E-state index in [1.807, 2.05) is 53.4 Å². The second-order valence-corrected chi connectivity index (χ2v) is 8.90. The number of aromatic nitrogens is 2. The second-order valence-electron chi connectivity index (χ2n) is 8.90. The molecule has 0 unspecified atom stereocenters. The zero-order chi connectivity index (χ0) is 22.8. The summed E-state index contributed by atoms with van der Waals surface area (Å²) < 4.78 is 5.48. The molecule has 0 atom stereocenters. The predicted octanol–water partition coefficient (Wildman–Crippen LogP) is 4.56. The summed E-state index contributed by atoms with van der Waals surface area (Å²) in [5, 5.41) is 4.14. The molecule has 1 aliphatic heterocycles. The molecule has 0 radical (unpaired) electrons. The number of amides is 1. The first-order valence-corrected chi connectivity index (χ1v) is 11.7. The Labute approximate surface area is 193 Å². The van der Waals surface area contributed by atoms with E-state index < -0.39 is 0 Å². The predicted molar refractivity (Wildman–Crippen MR) is 126 cm³/mol. The molecule has 7 heteroatoms. The zero-order valence-electron chi connectivity index (χ0n) is 18.9. The maximum absolute atomic E-state index is 13.0. The fraction of sp³-hybridized carbons (Fsp3) is 0.385. The molecule has 1 aliphatic carbocycles. The van der Waals surface area contributed by atoms with Crippen molar-refractivity contribution in [1.82, 2.24) is 15.0 Å². The molecule has 1 aromatic heterocycles. The van der Waals surface area contributed by atoms with Gasteiger partial charge in [0, 0.05) is 54.5 Å². The van der Waals surface area contributed by atoms with E-state index >= 15 is 0 Å². The Morgan fingerprint density at radius 3 is 2.15 bits per heavy atom. The van der Waals surface area contributed by atoms with Gasteiger partial charge in [0.15, 0.2) is 5.78 Å². The normalized spacial score (nSPS) is 16.9. The molecule has 1 amide bonds. The first-order valence-electron chi connectivity index (χ1n) is 11.7. The summed E-state index contributed by atoms with van der Waals surface area (Å²) >= 11 is 0. The summed E-state index contributed by atoms with van der Waals surface area (Å²) in [6.45, 7) is 4.41. The van der Waals surface area contributed by atoms with Crippen LogP contribution in [0.4, 0.5) is 5.69 Å². The van der Waals surface area contributed by atoms with Gasteiger partial charge in [0.25, 0.3) is 5.91 Å². The van der Waals surface area contributed by atoms with E-state index in [0.29, 0.717) is 36.0 Å². The minimum atomic E-state index is 0.0351. The SMILES string of the molecule is CC(=O)c1ccc(N2CCN(C(=O)c3ccc(-c4noc(C5CCCC5)n4)cc3)CC2)cc1. The van der Waals surface area contributed by atoms with E-state index in [0.717, 1.165) is 43.1 Å². The maximum atomic E-state index is 13.0. The number of anilines is 1. The van der Waals surface area contributed by atoms with Gasteiger partial charge in [-0.05, 0) is 56.2 Å². The number of carbonyl (C=O) groups excluding carboxylic acids is 2. The highest BCUT2D eigenvalue weighted by molar-refractivity contribution is 5.95. The van der Waals surface area contributed by atoms with Crippen molar-refractivity contribution < 1.29 is 14.1 Å². The number of rotatable bonds is 5. The Hall–Kier alpha value is -3.48. The molecule has 0 N–H and O–H groups in total. The van der Waals surface area contributed by atoms with E-state index in [1.165, 1.54) is 12.8 Å². The lowest BCUT2D eigenvalue weighted by Gasteiger charge is -2.36. The molecular formula is C26H28N4O3. The molecule has 5 rings (SSSR count). The minimum absolute atomic E-state index is 0.0351. The third kappa shape index (κ3) is 4.53. The van der Waals surface area contributed by atoms with Gasteiger partial charge in [-0.2, -0.15) is 4.98 Å². The molecule has 1 saturated heterocycles. The first kappa shape index (κ1) is 21.4. The van der Waals surface area contributed by atoms with Gasteiger partial charge < -0.3 is 14.3 Å². The van der Waals surface area contributed by atoms with Crippen LogP contribution in [-0.2, 0) is 0 Å². The molecule has 7 nitrogen and oxygen atoms in total. The largest absolute Gasteiger partial charge is 0.368 e. The van der Waals surface area contributed by atoms with Crippen molar-refractivity contribution in [2.24, 2.45) is 0 Å². The van der Waals surface area contributed by atoms with Crippen molar-refractivity contribution in [1.29, 1.82) is 0 Å². The summed E-state index contributed by atoms with van der Waals surface area (Å²) in [6, 6.07) is 15.1. The Bertz CT molecular complexity index is 1120. The van der Waals surface area contributed by atoms with Crippen LogP contribution in [-0.4, -0.2) is 52.9 Å². The number of Topliss-reactive ketones (excluding diaryl/α,β-unsaturated/α-hetero) is 1. The van der Waals surface area contributed by atoms with Gasteiger partial charge in [-0.1, -0.05) is 30.1 Å². The fourth-order valence-corrected chi connectivity index (χ4v) is 4.71. The van der Waals surface area contributed by atoms with Crippen LogP contribution in [0.15, 0.2) is 53.1 Å². The molecule has 2 aliphatic rings. The van der Waals surface area contributed by atoms with E-state index in [-0.39, 0.29) is 11.7 Å². The quantitative estimate of drug-likeness (QED) is 0.537. The van der Waals surface area contributed by atoms with Crippen molar-refractivity contribution in [2.75, 3.05) is 31.1 Å². The Morgan fingerprint density at radius 1 is 0.879 bits per heavy atom. The van der Waals surface area contributed by atoms with Crippen LogP contribution < -0.4 is 4.90 Å². The van der Waals surface area contributed by atoms with Crippen molar-refractivity contribution in [3.05, 3.63) is 65.5 Å². The Morgan fingerprint density at radius 2 is 1.52 bits per heavy atom. The van der Waals surface area contributed by atoms with Crippen molar-refractivity contribution in [2.45, 2.75) is 38.5 Å². The number of piperazine rings is 1. The van der Waals surface area contributed by atoms with Crippen LogP contribution in [0.3, 0.4) is 0 Å². The highest BCUT2D eigenvalue weighted by atomic mass is 16.5. The number of benzene rings is 2. The van der Waals surface area contributed by atoms with Gasteiger partial charge in [-0.25, -0.2) is 0 Å². The third-order valence-corrected chi connectivity index (χ3v) is 6.74. The Kier molecular flexibility index (Phi) is 5.94. The highest BCUT2D eigenvalue weighted by Gasteiger charge is 2.24. The first-order chi connectivity index (χ1) is 16.1. The van der Waals surface area contributed by atoms with Crippen molar-refractivity contribution >= 4 is 17.4 Å². The fourth-order valence-electron chi connectivity index (χ4n) is 4.71. The van der Waals surface area contributed by atoms with E-state index in [9.17, 15) is 9.59 Å². The standard InChI is InChI=1S/C26H28N4O3/c1-18(31)19-10-12-23(13-11-19)29-14-16-30(17-15-29)26(32)22-8-6-20(7-9-22)24-27-25(33-28-24)21-4-2-3-5-21/h6-13,21H,2-5,14-17H2,1H3. The summed E-state index contributed by atoms with van der Waals surface area (Å²) in [5.74, 6) is 1.80. The molecule has 2 heterocycles. The van der Waals surface area contributed by atoms with E-state index in [4.69, 9.17) is 4.52 Å². The van der Waals surface area contributed by atoms with Gasteiger partial charge in [-0.3, -0.25) is 9.59 Å². The van der Waals surface area contributed by atoms with Gasteiger partial charge in [-0.15, -0.1) is 0 Å².